The SMILES string of the molecule is Cc1ccc(N([O-])O)cc1S(=O)(=O)NCCCN1CCc2ccccc2C1. The number of rotatable bonds is 7. The summed E-state index contributed by atoms with van der Waals surface area (Å²) in [6, 6.07) is 12.4. The second-order valence-corrected chi connectivity index (χ2v) is 8.50. The molecule has 0 radical (unpaired) electrons. The predicted octanol–water partition coefficient (Wildman–Crippen LogP) is 2.42. The van der Waals surface area contributed by atoms with Gasteiger partial charge in [0, 0.05) is 19.6 Å². The summed E-state index contributed by atoms with van der Waals surface area (Å²) in [5, 5.41) is 19.7. The largest absolute Gasteiger partial charge is 0.733 e. The van der Waals surface area contributed by atoms with Crippen LogP contribution in [0.3, 0.4) is 0 Å². The normalized spacial score (nSPS) is 14.8. The first-order valence-corrected chi connectivity index (χ1v) is 10.4. The molecular formula is C19H24N3O4S-. The van der Waals surface area contributed by atoms with E-state index in [1.807, 2.05) is 6.07 Å². The molecule has 27 heavy (non-hydrogen) atoms. The van der Waals surface area contributed by atoms with E-state index in [1.54, 1.807) is 6.92 Å². The van der Waals surface area contributed by atoms with Crippen LogP contribution in [0.15, 0.2) is 47.4 Å². The van der Waals surface area contributed by atoms with E-state index in [0.29, 0.717) is 18.5 Å². The highest BCUT2D eigenvalue weighted by molar-refractivity contribution is 7.89. The van der Waals surface area contributed by atoms with E-state index in [9.17, 15) is 13.6 Å². The van der Waals surface area contributed by atoms with Gasteiger partial charge >= 0.3 is 0 Å². The second kappa shape index (κ2) is 8.37. The first kappa shape index (κ1) is 19.8. The van der Waals surface area contributed by atoms with Gasteiger partial charge in [0.15, 0.2) is 0 Å². The van der Waals surface area contributed by atoms with E-state index >= 15 is 0 Å². The Morgan fingerprint density at radius 3 is 2.70 bits per heavy atom. The molecule has 0 fully saturated rings. The van der Waals surface area contributed by atoms with Crippen molar-refractivity contribution < 1.29 is 13.6 Å². The second-order valence-electron chi connectivity index (χ2n) is 6.77. The molecule has 0 saturated heterocycles. The zero-order chi connectivity index (χ0) is 19.4. The molecule has 0 atom stereocenters. The van der Waals surface area contributed by atoms with Crippen molar-refractivity contribution in [3.63, 3.8) is 0 Å². The van der Waals surface area contributed by atoms with Gasteiger partial charge in [-0.25, -0.2) is 13.1 Å². The molecule has 7 nitrogen and oxygen atoms in total. The molecule has 0 aromatic heterocycles. The minimum absolute atomic E-state index is 0.00167. The molecule has 0 amide bonds. The third kappa shape index (κ3) is 4.85. The van der Waals surface area contributed by atoms with Gasteiger partial charge in [0.25, 0.3) is 0 Å². The number of sulfonamides is 1. The molecular weight excluding hydrogens is 366 g/mol. The summed E-state index contributed by atoms with van der Waals surface area (Å²) in [6.07, 6.45) is 1.70. The molecule has 3 rings (SSSR count). The first-order valence-electron chi connectivity index (χ1n) is 8.92. The molecule has 0 bridgehead atoms. The van der Waals surface area contributed by atoms with Crippen LogP contribution >= 0.6 is 0 Å². The Morgan fingerprint density at radius 2 is 1.96 bits per heavy atom. The lowest BCUT2D eigenvalue weighted by Crippen LogP contribution is -2.33. The van der Waals surface area contributed by atoms with Crippen molar-refractivity contribution in [2.24, 2.45) is 0 Å². The standard InChI is InChI=1S/C19H24N3O4S/c1-15-7-8-18(22(23)24)13-19(15)27(25,26)20-10-4-11-21-12-9-16-5-2-3-6-17(16)14-21/h2-3,5-8,13,20,23H,4,9-12,14H2,1H3/q-1. The van der Waals surface area contributed by atoms with Crippen molar-refractivity contribution in [1.29, 1.82) is 0 Å². The summed E-state index contributed by atoms with van der Waals surface area (Å²) in [6.45, 7) is 4.63. The Hall–Kier alpha value is -1.97. The van der Waals surface area contributed by atoms with Gasteiger partial charge in [0.05, 0.1) is 10.6 Å². The van der Waals surface area contributed by atoms with Gasteiger partial charge in [-0.15, -0.1) is 0 Å². The third-order valence-electron chi connectivity index (χ3n) is 4.84. The lowest BCUT2D eigenvalue weighted by Gasteiger charge is -2.28. The van der Waals surface area contributed by atoms with Crippen LogP contribution in [0.25, 0.3) is 0 Å². The Morgan fingerprint density at radius 1 is 1.22 bits per heavy atom. The number of hydrogen-bond acceptors (Lipinski definition) is 6. The average molecular weight is 390 g/mol. The first-order chi connectivity index (χ1) is 12.9. The average Bonchev–Trinajstić information content (AvgIpc) is 2.65. The van der Waals surface area contributed by atoms with Crippen LogP contribution in [-0.2, 0) is 23.0 Å². The van der Waals surface area contributed by atoms with Gasteiger partial charge in [-0.3, -0.25) is 10.1 Å². The Labute approximate surface area is 159 Å². The number of hydrogen-bond donors (Lipinski definition) is 2. The zero-order valence-corrected chi connectivity index (χ0v) is 16.1. The quantitative estimate of drug-likeness (QED) is 0.557. The summed E-state index contributed by atoms with van der Waals surface area (Å²) in [5.74, 6) is 0. The highest BCUT2D eigenvalue weighted by Crippen LogP contribution is 2.22. The van der Waals surface area contributed by atoms with Crippen molar-refractivity contribution in [2.75, 3.05) is 24.9 Å². The van der Waals surface area contributed by atoms with Crippen LogP contribution in [0.4, 0.5) is 5.69 Å². The highest BCUT2D eigenvalue weighted by atomic mass is 32.2. The van der Waals surface area contributed by atoms with Crippen LogP contribution in [-0.4, -0.2) is 38.2 Å². The molecule has 1 aliphatic heterocycles. The zero-order valence-electron chi connectivity index (χ0n) is 15.3. The minimum atomic E-state index is -3.74. The van der Waals surface area contributed by atoms with Crippen molar-refractivity contribution in [1.82, 2.24) is 9.62 Å². The van der Waals surface area contributed by atoms with Gasteiger partial charge in [-0.2, -0.15) is 0 Å². The van der Waals surface area contributed by atoms with Crippen molar-refractivity contribution in [3.8, 4) is 0 Å². The number of benzene rings is 2. The van der Waals surface area contributed by atoms with E-state index < -0.39 is 10.0 Å². The summed E-state index contributed by atoms with van der Waals surface area (Å²) >= 11 is 0. The Bertz CT molecular complexity index is 900. The maximum Gasteiger partial charge on any atom is 0.240 e. The lowest BCUT2D eigenvalue weighted by atomic mass is 10.00. The van der Waals surface area contributed by atoms with Crippen molar-refractivity contribution in [2.45, 2.75) is 31.2 Å². The molecule has 8 heteroatoms. The molecule has 0 aliphatic carbocycles. The van der Waals surface area contributed by atoms with E-state index in [4.69, 9.17) is 5.21 Å². The topological polar surface area (TPSA) is 95.9 Å². The van der Waals surface area contributed by atoms with Gasteiger partial charge in [0.1, 0.15) is 0 Å². The van der Waals surface area contributed by atoms with Gasteiger partial charge in [-0.05, 0) is 55.1 Å². The van der Waals surface area contributed by atoms with Crippen LogP contribution < -0.4 is 9.95 Å². The van der Waals surface area contributed by atoms with Crippen LogP contribution in [0.1, 0.15) is 23.1 Å². The van der Waals surface area contributed by atoms with E-state index in [0.717, 1.165) is 26.1 Å². The fourth-order valence-electron chi connectivity index (χ4n) is 3.33. The number of fused-ring (bicyclic) bond motifs is 1. The third-order valence-corrected chi connectivity index (χ3v) is 6.44. The number of anilines is 1. The molecule has 1 aliphatic rings. The van der Waals surface area contributed by atoms with Crippen molar-refractivity contribution >= 4 is 15.7 Å². The molecule has 1 heterocycles. The van der Waals surface area contributed by atoms with Crippen molar-refractivity contribution in [3.05, 3.63) is 64.4 Å². The van der Waals surface area contributed by atoms with Gasteiger partial charge in [0.2, 0.25) is 10.0 Å². The molecule has 2 aromatic rings. The molecule has 0 unspecified atom stereocenters. The maximum atomic E-state index is 12.5. The Balaban J connectivity index is 1.54. The lowest BCUT2D eigenvalue weighted by molar-refractivity contribution is 0.251. The molecule has 0 saturated carbocycles. The molecule has 146 valence electrons. The number of nitrogens with zero attached hydrogens (tertiary/aromatic N) is 2. The van der Waals surface area contributed by atoms with E-state index in [1.165, 1.54) is 29.3 Å². The van der Waals surface area contributed by atoms with Gasteiger partial charge in [-0.1, -0.05) is 30.3 Å². The van der Waals surface area contributed by atoms with Crippen LogP contribution in [0, 0.1) is 12.1 Å². The smallest absolute Gasteiger partial charge is 0.240 e. The highest BCUT2D eigenvalue weighted by Gasteiger charge is 2.18. The Kier molecular flexibility index (Phi) is 6.13. The summed E-state index contributed by atoms with van der Waals surface area (Å²) in [5.41, 5.74) is 3.12. The predicted molar refractivity (Wildman–Crippen MR) is 104 cm³/mol. The molecule has 0 spiro atoms. The van der Waals surface area contributed by atoms with Crippen LogP contribution in [0.5, 0.6) is 0 Å². The molecule has 2 N–H and O–H groups in total. The maximum absolute atomic E-state index is 12.5. The molecule has 2 aromatic carbocycles. The fraction of sp³-hybridized carbons (Fsp3) is 0.368. The summed E-state index contributed by atoms with van der Waals surface area (Å²) in [7, 11) is -3.74. The van der Waals surface area contributed by atoms with E-state index in [2.05, 4.69) is 27.8 Å². The minimum Gasteiger partial charge on any atom is -0.733 e. The van der Waals surface area contributed by atoms with Gasteiger partial charge < -0.3 is 10.4 Å². The number of nitrogens with one attached hydrogen (secondary N) is 1. The monoisotopic (exact) mass is 390 g/mol. The van der Waals surface area contributed by atoms with Crippen LogP contribution in [0.2, 0.25) is 0 Å². The fourth-order valence-corrected chi connectivity index (χ4v) is 4.67. The number of aryl methyl sites for hydroxylation is 1. The van der Waals surface area contributed by atoms with E-state index in [-0.39, 0.29) is 15.8 Å². The summed E-state index contributed by atoms with van der Waals surface area (Å²) in [4.78, 5) is 2.32. The summed E-state index contributed by atoms with van der Waals surface area (Å²) < 4.78 is 27.6.